The molecular weight excluding hydrogens is 366 g/mol. The number of pyridine rings is 2. The Morgan fingerprint density at radius 3 is 2.52 bits per heavy atom. The van der Waals surface area contributed by atoms with Crippen LogP contribution in [0.25, 0.3) is 10.9 Å². The van der Waals surface area contributed by atoms with Gasteiger partial charge in [0.2, 0.25) is 0 Å². The van der Waals surface area contributed by atoms with Crippen LogP contribution < -0.4 is 10.9 Å². The number of aromatic nitrogens is 2. The number of fused-ring (bicyclic) bond motifs is 1. The highest BCUT2D eigenvalue weighted by atomic mass is 16.3. The van der Waals surface area contributed by atoms with Crippen LogP contribution in [0.15, 0.2) is 77.9 Å². The minimum absolute atomic E-state index is 0.101. The van der Waals surface area contributed by atoms with Crippen LogP contribution in [-0.2, 0) is 13.0 Å². The van der Waals surface area contributed by atoms with E-state index in [-0.39, 0.29) is 22.8 Å². The second-order valence-corrected chi connectivity index (χ2v) is 6.74. The minimum atomic E-state index is -0.339. The average Bonchev–Trinajstić information content (AvgIpc) is 2.76. The number of H-pyrrole nitrogens is 1. The topological polar surface area (TPSA) is 95.1 Å². The zero-order chi connectivity index (χ0) is 20.2. The summed E-state index contributed by atoms with van der Waals surface area (Å²) in [7, 11) is 0. The van der Waals surface area contributed by atoms with Crippen LogP contribution in [0.4, 0.5) is 0 Å². The maximum atomic E-state index is 12.5. The molecule has 0 spiro atoms. The number of carbonyl (C=O) groups excluding carboxylic acids is 1. The summed E-state index contributed by atoms with van der Waals surface area (Å²) in [5.41, 5.74) is 2.67. The molecule has 0 aliphatic carbocycles. The van der Waals surface area contributed by atoms with Gasteiger partial charge in [0.15, 0.2) is 0 Å². The molecule has 0 unspecified atom stereocenters. The van der Waals surface area contributed by atoms with Gasteiger partial charge in [-0.2, -0.15) is 0 Å². The first-order chi connectivity index (χ1) is 14.1. The second-order valence-electron chi connectivity index (χ2n) is 6.74. The summed E-state index contributed by atoms with van der Waals surface area (Å²) in [5, 5.41) is 14.0. The highest BCUT2D eigenvalue weighted by Crippen LogP contribution is 2.27. The van der Waals surface area contributed by atoms with Crippen LogP contribution in [0.1, 0.15) is 27.0 Å². The molecule has 6 heteroatoms. The van der Waals surface area contributed by atoms with Gasteiger partial charge in [0.05, 0.1) is 11.1 Å². The first-order valence-electron chi connectivity index (χ1n) is 9.21. The molecule has 0 saturated heterocycles. The predicted molar refractivity (Wildman–Crippen MR) is 111 cm³/mol. The van der Waals surface area contributed by atoms with E-state index in [2.05, 4.69) is 15.3 Å². The predicted octanol–water partition coefficient (Wildman–Crippen LogP) is 3.15. The van der Waals surface area contributed by atoms with E-state index in [0.29, 0.717) is 29.4 Å². The molecule has 0 radical (unpaired) electrons. The number of nitrogens with one attached hydrogen (secondary N) is 2. The average molecular weight is 385 g/mol. The van der Waals surface area contributed by atoms with Crippen molar-refractivity contribution in [2.45, 2.75) is 13.0 Å². The molecular formula is C23H19N3O3. The quantitative estimate of drug-likeness (QED) is 0.492. The fourth-order valence-electron chi connectivity index (χ4n) is 3.21. The van der Waals surface area contributed by atoms with Crippen LogP contribution in [0.2, 0.25) is 0 Å². The molecule has 29 heavy (non-hydrogen) atoms. The second kappa shape index (κ2) is 7.98. The molecule has 4 rings (SSSR count). The molecule has 0 saturated carbocycles. The van der Waals surface area contributed by atoms with Crippen molar-refractivity contribution < 1.29 is 9.90 Å². The summed E-state index contributed by atoms with van der Waals surface area (Å²) in [6, 6.07) is 17.9. The van der Waals surface area contributed by atoms with Gasteiger partial charge in [-0.25, -0.2) is 0 Å². The molecule has 1 amide bonds. The normalized spacial score (nSPS) is 10.8. The van der Waals surface area contributed by atoms with Crippen LogP contribution in [0, 0.1) is 0 Å². The molecule has 2 aromatic heterocycles. The summed E-state index contributed by atoms with van der Waals surface area (Å²) < 4.78 is 0. The monoisotopic (exact) mass is 385 g/mol. The van der Waals surface area contributed by atoms with Gasteiger partial charge >= 0.3 is 0 Å². The van der Waals surface area contributed by atoms with Crippen LogP contribution in [0.3, 0.4) is 0 Å². The van der Waals surface area contributed by atoms with E-state index in [0.717, 1.165) is 11.1 Å². The molecule has 144 valence electrons. The SMILES string of the molecule is O=C(NCc1ccncc1)c1ccc2[nH]c(=O)c(Cc3ccccc3)c(O)c2c1. The van der Waals surface area contributed by atoms with E-state index in [1.807, 2.05) is 42.5 Å². The Balaban J connectivity index is 1.64. The Hall–Kier alpha value is -3.93. The third kappa shape index (κ3) is 4.01. The van der Waals surface area contributed by atoms with Gasteiger partial charge in [-0.1, -0.05) is 30.3 Å². The maximum absolute atomic E-state index is 12.5. The molecule has 0 aliphatic rings. The Bertz CT molecular complexity index is 1220. The van der Waals surface area contributed by atoms with Gasteiger partial charge in [-0.05, 0) is 41.5 Å². The molecule has 0 aliphatic heterocycles. The number of aromatic amines is 1. The first-order valence-corrected chi connectivity index (χ1v) is 9.21. The summed E-state index contributed by atoms with van der Waals surface area (Å²) in [4.78, 5) is 31.7. The maximum Gasteiger partial charge on any atom is 0.255 e. The molecule has 0 bridgehead atoms. The van der Waals surface area contributed by atoms with E-state index >= 15 is 0 Å². The van der Waals surface area contributed by atoms with Gasteiger partial charge in [0, 0.05) is 36.3 Å². The van der Waals surface area contributed by atoms with Crippen molar-refractivity contribution in [2.24, 2.45) is 0 Å². The third-order valence-electron chi connectivity index (χ3n) is 4.77. The number of aromatic hydroxyl groups is 1. The number of amides is 1. The summed E-state index contributed by atoms with van der Waals surface area (Å²) >= 11 is 0. The number of rotatable bonds is 5. The zero-order valence-corrected chi connectivity index (χ0v) is 15.6. The smallest absolute Gasteiger partial charge is 0.255 e. The number of nitrogens with zero attached hydrogens (tertiary/aromatic N) is 1. The highest BCUT2D eigenvalue weighted by molar-refractivity contribution is 5.99. The van der Waals surface area contributed by atoms with E-state index in [4.69, 9.17) is 0 Å². The molecule has 6 nitrogen and oxygen atoms in total. The van der Waals surface area contributed by atoms with E-state index < -0.39 is 0 Å². The fraction of sp³-hybridized carbons (Fsp3) is 0.0870. The lowest BCUT2D eigenvalue weighted by Gasteiger charge is -2.10. The number of carbonyl (C=O) groups is 1. The summed E-state index contributed by atoms with van der Waals surface area (Å²) in [6.07, 6.45) is 3.64. The van der Waals surface area contributed by atoms with Crippen molar-refractivity contribution in [3.05, 3.63) is 106 Å². The zero-order valence-electron chi connectivity index (χ0n) is 15.6. The Morgan fingerprint density at radius 2 is 1.76 bits per heavy atom. The molecule has 3 N–H and O–H groups in total. The molecule has 0 atom stereocenters. The van der Waals surface area contributed by atoms with Crippen molar-refractivity contribution in [3.63, 3.8) is 0 Å². The Kier molecular flexibility index (Phi) is 5.07. The fourth-order valence-corrected chi connectivity index (χ4v) is 3.21. The molecule has 2 heterocycles. The summed E-state index contributed by atoms with van der Waals surface area (Å²) in [5.74, 6) is -0.365. The van der Waals surface area contributed by atoms with E-state index in [1.54, 1.807) is 30.6 Å². The highest BCUT2D eigenvalue weighted by Gasteiger charge is 2.15. The van der Waals surface area contributed by atoms with Gasteiger partial charge < -0.3 is 15.4 Å². The van der Waals surface area contributed by atoms with Gasteiger partial charge in [0.1, 0.15) is 5.75 Å². The van der Waals surface area contributed by atoms with Crippen molar-refractivity contribution in [2.75, 3.05) is 0 Å². The third-order valence-corrected chi connectivity index (χ3v) is 4.77. The van der Waals surface area contributed by atoms with E-state index in [1.165, 1.54) is 0 Å². The van der Waals surface area contributed by atoms with Crippen LogP contribution >= 0.6 is 0 Å². The standard InChI is InChI=1S/C23H19N3O3/c27-21-18-13-17(22(28)25-14-16-8-10-24-11-9-16)6-7-20(18)26-23(29)19(21)12-15-4-2-1-3-5-15/h1-11,13H,12,14H2,(H,25,28)(H2,26,27,29). The van der Waals surface area contributed by atoms with Crippen molar-refractivity contribution >= 4 is 16.8 Å². The summed E-state index contributed by atoms with van der Waals surface area (Å²) in [6.45, 7) is 0.371. The minimum Gasteiger partial charge on any atom is -0.507 e. The van der Waals surface area contributed by atoms with Gasteiger partial charge in [-0.15, -0.1) is 0 Å². The lowest BCUT2D eigenvalue weighted by atomic mass is 10.0. The van der Waals surface area contributed by atoms with Crippen molar-refractivity contribution in [1.82, 2.24) is 15.3 Å². The number of benzene rings is 2. The Morgan fingerprint density at radius 1 is 1.00 bits per heavy atom. The largest absolute Gasteiger partial charge is 0.507 e. The number of hydrogen-bond donors (Lipinski definition) is 3. The van der Waals surface area contributed by atoms with Gasteiger partial charge in [-0.3, -0.25) is 14.6 Å². The van der Waals surface area contributed by atoms with Crippen LogP contribution in [-0.4, -0.2) is 21.0 Å². The lowest BCUT2D eigenvalue weighted by Crippen LogP contribution is -2.22. The molecule has 0 fully saturated rings. The van der Waals surface area contributed by atoms with Gasteiger partial charge in [0.25, 0.3) is 11.5 Å². The lowest BCUT2D eigenvalue weighted by molar-refractivity contribution is 0.0951. The molecule has 2 aromatic carbocycles. The van der Waals surface area contributed by atoms with Crippen molar-refractivity contribution in [3.8, 4) is 5.75 Å². The van der Waals surface area contributed by atoms with Crippen LogP contribution in [0.5, 0.6) is 5.75 Å². The Labute approximate surface area is 166 Å². The first kappa shape index (κ1) is 18.4. The van der Waals surface area contributed by atoms with Crippen molar-refractivity contribution in [1.29, 1.82) is 0 Å². The van der Waals surface area contributed by atoms with E-state index in [9.17, 15) is 14.7 Å². The number of hydrogen-bond acceptors (Lipinski definition) is 4. The molecule has 4 aromatic rings.